The number of benzene rings is 2. The Hall–Kier alpha value is -6.62. The van der Waals surface area contributed by atoms with Gasteiger partial charge in [-0.1, -0.05) is 12.1 Å². The third-order valence-electron chi connectivity index (χ3n) is 8.72. The SMILES string of the molecule is CS(=O)(=O)c1nc(-c2ccc(=O)n(Cc3ccc4c(c3)OCO4)c2)cc(C(F)(F)F)n1.CS(=O)c1nc(-c2ccc(=O)n(Cc3ccc4c(c3)OCO4)c2)cc(C(F)(F)F)n1. The summed E-state index contributed by atoms with van der Waals surface area (Å²) < 4.78 is 138. The van der Waals surface area contributed by atoms with Crippen molar-refractivity contribution in [3.05, 3.63) is 128 Å². The van der Waals surface area contributed by atoms with Gasteiger partial charge in [-0.3, -0.25) is 13.8 Å². The van der Waals surface area contributed by atoms with Crippen LogP contribution in [0.3, 0.4) is 0 Å². The van der Waals surface area contributed by atoms with Crippen LogP contribution in [0.5, 0.6) is 23.0 Å². The molecule has 8 rings (SSSR count). The molecule has 2 aliphatic rings. The number of fused-ring (bicyclic) bond motifs is 2. The highest BCUT2D eigenvalue weighted by Crippen LogP contribution is 2.35. The lowest BCUT2D eigenvalue weighted by atomic mass is 10.1. The van der Waals surface area contributed by atoms with Crippen LogP contribution in [0.2, 0.25) is 0 Å². The highest BCUT2D eigenvalue weighted by Gasteiger charge is 2.36. The molecular weight excluding hydrogens is 863 g/mol. The van der Waals surface area contributed by atoms with Crippen molar-refractivity contribution in [1.82, 2.24) is 29.1 Å². The average Bonchev–Trinajstić information content (AvgIpc) is 3.88. The maximum Gasteiger partial charge on any atom is 0.433 e. The van der Waals surface area contributed by atoms with E-state index in [-0.39, 0.29) is 54.7 Å². The van der Waals surface area contributed by atoms with Gasteiger partial charge in [-0.05, 0) is 59.7 Å². The predicted octanol–water partition coefficient (Wildman–Crippen LogP) is 5.34. The first-order valence-corrected chi connectivity index (χ1v) is 20.8. The van der Waals surface area contributed by atoms with E-state index in [1.54, 1.807) is 36.4 Å². The molecule has 23 heteroatoms. The summed E-state index contributed by atoms with van der Waals surface area (Å²) in [6.45, 7) is 0.462. The van der Waals surface area contributed by atoms with Gasteiger partial charge in [-0.25, -0.2) is 28.4 Å². The fraction of sp³-hybridized carbons (Fsp3) is 0.211. The molecule has 0 fully saturated rings. The van der Waals surface area contributed by atoms with Crippen LogP contribution < -0.4 is 30.1 Å². The van der Waals surface area contributed by atoms with E-state index in [1.807, 2.05) is 0 Å². The van der Waals surface area contributed by atoms with E-state index < -0.39 is 60.2 Å². The number of hydrogen-bond acceptors (Lipinski definition) is 13. The predicted molar refractivity (Wildman–Crippen MR) is 202 cm³/mol. The van der Waals surface area contributed by atoms with Crippen molar-refractivity contribution in [2.45, 2.75) is 35.8 Å². The van der Waals surface area contributed by atoms with Gasteiger partial charge in [0.15, 0.2) is 23.0 Å². The van der Waals surface area contributed by atoms with Crippen molar-refractivity contribution in [3.8, 4) is 45.5 Å². The van der Waals surface area contributed by atoms with Gasteiger partial charge in [0.25, 0.3) is 11.1 Å². The molecule has 2 aromatic carbocycles. The minimum Gasteiger partial charge on any atom is -0.454 e. The minimum absolute atomic E-state index is 0.0815. The van der Waals surface area contributed by atoms with Crippen LogP contribution in [0.4, 0.5) is 26.3 Å². The zero-order chi connectivity index (χ0) is 43.9. The molecule has 318 valence electrons. The molecule has 6 aromatic rings. The topological polar surface area (TPSA) is 184 Å². The molecule has 15 nitrogen and oxygen atoms in total. The zero-order valence-electron chi connectivity index (χ0n) is 31.4. The van der Waals surface area contributed by atoms with Gasteiger partial charge in [0.1, 0.15) is 11.4 Å². The largest absolute Gasteiger partial charge is 0.454 e. The molecule has 0 radical (unpaired) electrons. The molecule has 1 unspecified atom stereocenters. The van der Waals surface area contributed by atoms with Gasteiger partial charge in [-0.15, -0.1) is 0 Å². The Morgan fingerprint density at radius 1 is 0.623 bits per heavy atom. The van der Waals surface area contributed by atoms with Crippen LogP contribution in [0.15, 0.2) is 105 Å². The molecule has 0 amide bonds. The van der Waals surface area contributed by atoms with E-state index in [4.69, 9.17) is 18.9 Å². The fourth-order valence-corrected chi connectivity index (χ4v) is 6.80. The quantitative estimate of drug-likeness (QED) is 0.141. The number of sulfone groups is 1. The molecule has 0 spiro atoms. The van der Waals surface area contributed by atoms with Crippen LogP contribution >= 0.6 is 0 Å². The Bertz CT molecular complexity index is 2940. The van der Waals surface area contributed by atoms with Crippen LogP contribution in [0, 0.1) is 0 Å². The van der Waals surface area contributed by atoms with Crippen molar-refractivity contribution in [1.29, 1.82) is 0 Å². The third kappa shape index (κ3) is 9.89. The molecule has 6 heterocycles. The average molecular weight is 891 g/mol. The van der Waals surface area contributed by atoms with Crippen molar-refractivity contribution in [3.63, 3.8) is 0 Å². The number of nitrogens with zero attached hydrogens (tertiary/aromatic N) is 6. The summed E-state index contributed by atoms with van der Waals surface area (Å²) >= 11 is 0. The Kier molecular flexibility index (Phi) is 11.5. The summed E-state index contributed by atoms with van der Waals surface area (Å²) in [4.78, 5) is 38.8. The molecule has 4 aromatic heterocycles. The molecule has 2 aliphatic heterocycles. The molecular formula is C38H28F6N6O9S2. The van der Waals surface area contributed by atoms with Gasteiger partial charge < -0.3 is 28.1 Å². The fourth-order valence-electron chi connectivity index (χ4n) is 5.82. The van der Waals surface area contributed by atoms with E-state index in [9.17, 15) is 48.6 Å². The molecule has 1 atom stereocenters. The number of halogens is 6. The lowest BCUT2D eigenvalue weighted by Crippen LogP contribution is -2.19. The highest BCUT2D eigenvalue weighted by molar-refractivity contribution is 7.90. The summed E-state index contributed by atoms with van der Waals surface area (Å²) in [7, 11) is -5.92. The molecule has 0 N–H and O–H groups in total. The van der Waals surface area contributed by atoms with Crippen molar-refractivity contribution < 1.29 is 57.9 Å². The first-order valence-electron chi connectivity index (χ1n) is 17.4. The van der Waals surface area contributed by atoms with Gasteiger partial charge in [-0.2, -0.15) is 26.3 Å². The van der Waals surface area contributed by atoms with Crippen LogP contribution in [0.25, 0.3) is 22.5 Å². The van der Waals surface area contributed by atoms with Crippen molar-refractivity contribution in [2.24, 2.45) is 0 Å². The Balaban J connectivity index is 0.000000184. The zero-order valence-corrected chi connectivity index (χ0v) is 33.0. The second-order valence-corrected chi connectivity index (χ2v) is 16.4. The summed E-state index contributed by atoms with van der Waals surface area (Å²) in [6, 6.07) is 16.7. The summed E-state index contributed by atoms with van der Waals surface area (Å²) in [5.41, 5.74) is -1.89. The number of alkyl halides is 6. The first-order chi connectivity index (χ1) is 28.7. The van der Waals surface area contributed by atoms with Gasteiger partial charge in [0.05, 0.1) is 35.3 Å². The van der Waals surface area contributed by atoms with E-state index in [1.165, 1.54) is 46.0 Å². The maximum atomic E-state index is 13.2. The third-order valence-corrected chi connectivity index (χ3v) is 10.3. The molecule has 0 saturated carbocycles. The van der Waals surface area contributed by atoms with Crippen molar-refractivity contribution in [2.75, 3.05) is 26.1 Å². The number of pyridine rings is 2. The molecule has 0 saturated heterocycles. The standard InChI is InChI=1S/C19H14F3N3O5S.C19H14F3N3O4S/c1-31(27,28)18-23-13(7-16(24-18)19(20,21)22)12-3-5-17(26)25(9-12)8-11-2-4-14-15(6-11)30-10-29-14;1-30(27)18-23-13(7-16(24-18)19(20,21)22)12-3-5-17(26)25(9-12)8-11-2-4-14-15(6-11)29-10-28-14/h2-7,9H,8,10H2,1H3;2-7,9H,8,10H2,1H3. The summed E-state index contributed by atoms with van der Waals surface area (Å²) in [5.74, 6) is 2.24. The number of rotatable bonds is 8. The second-order valence-electron chi connectivity index (χ2n) is 13.2. The number of ether oxygens (including phenoxy) is 4. The lowest BCUT2D eigenvalue weighted by Gasteiger charge is -2.12. The van der Waals surface area contributed by atoms with Gasteiger partial charge in [0, 0.05) is 48.2 Å². The Morgan fingerprint density at radius 3 is 1.51 bits per heavy atom. The van der Waals surface area contributed by atoms with Crippen LogP contribution in [0.1, 0.15) is 22.5 Å². The first kappa shape index (κ1) is 42.5. The van der Waals surface area contributed by atoms with Crippen LogP contribution in [-0.4, -0.2) is 67.8 Å². The van der Waals surface area contributed by atoms with E-state index in [2.05, 4.69) is 19.9 Å². The van der Waals surface area contributed by atoms with Gasteiger partial charge in [0.2, 0.25) is 33.7 Å². The lowest BCUT2D eigenvalue weighted by molar-refractivity contribution is -0.142. The Morgan fingerprint density at radius 2 is 1.07 bits per heavy atom. The summed E-state index contributed by atoms with van der Waals surface area (Å²) in [5, 5.41) is -1.39. The highest BCUT2D eigenvalue weighted by atomic mass is 32.2. The number of aromatic nitrogens is 6. The normalized spacial score (nSPS) is 13.7. The number of hydrogen-bond donors (Lipinski definition) is 0. The van der Waals surface area contributed by atoms with Crippen LogP contribution in [-0.2, 0) is 46.1 Å². The monoisotopic (exact) mass is 890 g/mol. The van der Waals surface area contributed by atoms with E-state index in [0.29, 0.717) is 40.9 Å². The maximum absolute atomic E-state index is 13.2. The molecule has 0 bridgehead atoms. The molecule has 0 aliphatic carbocycles. The Labute approximate surface area is 342 Å². The van der Waals surface area contributed by atoms with Crippen molar-refractivity contribution >= 4 is 20.6 Å². The second kappa shape index (κ2) is 16.4. The van der Waals surface area contributed by atoms with Gasteiger partial charge >= 0.3 is 12.4 Å². The summed E-state index contributed by atoms with van der Waals surface area (Å²) in [6.07, 6.45) is -4.99. The minimum atomic E-state index is -4.88. The molecule has 61 heavy (non-hydrogen) atoms. The van der Waals surface area contributed by atoms with E-state index in [0.717, 1.165) is 17.7 Å². The van der Waals surface area contributed by atoms with E-state index >= 15 is 0 Å². The smallest absolute Gasteiger partial charge is 0.433 e.